The lowest BCUT2D eigenvalue weighted by Crippen LogP contribution is -2.52. The van der Waals surface area contributed by atoms with Gasteiger partial charge in [-0.2, -0.15) is 0 Å². The van der Waals surface area contributed by atoms with Crippen molar-refractivity contribution in [2.45, 2.75) is 45.1 Å². The lowest BCUT2D eigenvalue weighted by molar-refractivity contribution is -0.137. The van der Waals surface area contributed by atoms with E-state index in [1.165, 1.54) is 12.2 Å². The Labute approximate surface area is 232 Å². The van der Waals surface area contributed by atoms with Crippen molar-refractivity contribution in [3.63, 3.8) is 0 Å². The van der Waals surface area contributed by atoms with Crippen molar-refractivity contribution in [3.05, 3.63) is 48.0 Å². The molecule has 0 aliphatic carbocycles. The van der Waals surface area contributed by atoms with E-state index in [2.05, 4.69) is 26.6 Å². The first-order chi connectivity index (χ1) is 19.2. The Balaban J connectivity index is 1.68. The zero-order chi connectivity index (χ0) is 29.3. The van der Waals surface area contributed by atoms with Gasteiger partial charge in [-0.25, -0.2) is 0 Å². The molecule has 0 saturated heterocycles. The average Bonchev–Trinajstić information content (AvgIpc) is 3.26. The summed E-state index contributed by atoms with van der Waals surface area (Å²) in [4.78, 5) is 85.0. The van der Waals surface area contributed by atoms with E-state index in [1.54, 1.807) is 31.2 Å². The van der Waals surface area contributed by atoms with Crippen LogP contribution in [0.25, 0.3) is 0 Å². The highest BCUT2D eigenvalue weighted by molar-refractivity contribution is 6.12. The number of hydrogen-bond donors (Lipinski definition) is 5. The molecule has 0 saturated carbocycles. The Hall–Kier alpha value is -4.55. The third-order valence-electron chi connectivity index (χ3n) is 5.81. The van der Waals surface area contributed by atoms with Crippen LogP contribution in [-0.2, 0) is 40.0 Å². The van der Waals surface area contributed by atoms with Crippen LogP contribution in [0.4, 0.5) is 0 Å². The predicted octanol–water partition coefficient (Wildman–Crippen LogP) is -1.32. The van der Waals surface area contributed by atoms with Crippen molar-refractivity contribution >= 4 is 41.4 Å². The van der Waals surface area contributed by atoms with Crippen molar-refractivity contribution < 1.29 is 33.6 Å². The number of carbonyl (C=O) groups excluding carboxylic acids is 7. The second kappa shape index (κ2) is 17.1. The summed E-state index contributed by atoms with van der Waals surface area (Å²) in [6.07, 6.45) is 4.50. The van der Waals surface area contributed by atoms with Gasteiger partial charge in [0.2, 0.25) is 29.5 Å². The average molecular weight is 557 g/mol. The van der Waals surface area contributed by atoms with Gasteiger partial charge in [-0.05, 0) is 25.3 Å². The molecule has 1 atom stereocenters. The van der Waals surface area contributed by atoms with E-state index < -0.39 is 30.3 Å². The first-order valence-electron chi connectivity index (χ1n) is 13.1. The first kappa shape index (κ1) is 31.7. The Bertz CT molecular complexity index is 1090. The molecule has 0 aromatic heterocycles. The van der Waals surface area contributed by atoms with Crippen LogP contribution in [0.15, 0.2) is 42.5 Å². The molecule has 13 heteroatoms. The second-order valence-corrected chi connectivity index (χ2v) is 9.01. The fourth-order valence-electron chi connectivity index (χ4n) is 3.75. The Morgan fingerprint density at radius 1 is 0.725 bits per heavy atom. The number of unbranched alkanes of at least 4 members (excludes halogenated alkanes) is 2. The van der Waals surface area contributed by atoms with Crippen LogP contribution in [0.1, 0.15) is 38.2 Å². The molecule has 0 unspecified atom stereocenters. The number of likely N-dealkylation sites (N-methyl/N-ethyl adjacent to an activating group) is 1. The molecule has 13 nitrogen and oxygen atoms in total. The van der Waals surface area contributed by atoms with Crippen LogP contribution >= 0.6 is 0 Å². The Morgan fingerprint density at radius 3 is 2.00 bits per heavy atom. The molecule has 1 aliphatic heterocycles. The molecule has 1 heterocycles. The third-order valence-corrected chi connectivity index (χ3v) is 5.81. The van der Waals surface area contributed by atoms with E-state index in [-0.39, 0.29) is 49.6 Å². The number of hydrogen-bond acceptors (Lipinski definition) is 7. The molecule has 216 valence electrons. The smallest absolute Gasteiger partial charge is 0.253 e. The Kier molecular flexibility index (Phi) is 13.6. The summed E-state index contributed by atoms with van der Waals surface area (Å²) in [7, 11) is 0. The highest BCUT2D eigenvalue weighted by atomic mass is 16.2. The summed E-state index contributed by atoms with van der Waals surface area (Å²) >= 11 is 0. The second-order valence-electron chi connectivity index (χ2n) is 9.01. The molecule has 0 spiro atoms. The molecule has 1 aliphatic rings. The van der Waals surface area contributed by atoms with Crippen LogP contribution < -0.4 is 26.6 Å². The van der Waals surface area contributed by atoms with E-state index >= 15 is 0 Å². The van der Waals surface area contributed by atoms with E-state index in [0.29, 0.717) is 32.4 Å². The molecule has 2 rings (SSSR count). The van der Waals surface area contributed by atoms with Gasteiger partial charge in [0.15, 0.2) is 0 Å². The molecular weight excluding hydrogens is 520 g/mol. The van der Waals surface area contributed by atoms with E-state index in [1.807, 2.05) is 6.07 Å². The number of amides is 7. The molecule has 1 aromatic carbocycles. The molecule has 5 N–H and O–H groups in total. The van der Waals surface area contributed by atoms with Crippen LogP contribution in [0.5, 0.6) is 0 Å². The van der Waals surface area contributed by atoms with Gasteiger partial charge in [-0.1, -0.05) is 36.8 Å². The molecule has 40 heavy (non-hydrogen) atoms. The summed E-state index contributed by atoms with van der Waals surface area (Å²) in [6.45, 7) is 1.49. The largest absolute Gasteiger partial charge is 0.355 e. The van der Waals surface area contributed by atoms with Crippen molar-refractivity contribution in [1.29, 1.82) is 0 Å². The summed E-state index contributed by atoms with van der Waals surface area (Å²) in [5, 5.41) is 12.5. The summed E-state index contributed by atoms with van der Waals surface area (Å²) in [5.41, 5.74) is 0.794. The monoisotopic (exact) mass is 556 g/mol. The highest BCUT2D eigenvalue weighted by Crippen LogP contribution is 2.07. The minimum atomic E-state index is -0.973. The van der Waals surface area contributed by atoms with Gasteiger partial charge in [-0.3, -0.25) is 38.5 Å². The fourth-order valence-corrected chi connectivity index (χ4v) is 3.75. The lowest BCUT2D eigenvalue weighted by atomic mass is 10.1. The summed E-state index contributed by atoms with van der Waals surface area (Å²) in [5.74, 6) is -3.12. The normalized spacial score (nSPS) is 13.0. The molecule has 0 radical (unpaired) electrons. The van der Waals surface area contributed by atoms with Crippen LogP contribution in [0, 0.1) is 0 Å². The van der Waals surface area contributed by atoms with Crippen LogP contribution in [0.3, 0.4) is 0 Å². The van der Waals surface area contributed by atoms with E-state index in [0.717, 1.165) is 10.5 Å². The maximum absolute atomic E-state index is 12.7. The third kappa shape index (κ3) is 11.9. The van der Waals surface area contributed by atoms with Crippen LogP contribution in [0.2, 0.25) is 0 Å². The quantitative estimate of drug-likeness (QED) is 0.116. The number of rotatable bonds is 17. The van der Waals surface area contributed by atoms with Gasteiger partial charge in [0.05, 0.1) is 19.6 Å². The number of nitrogens with zero attached hydrogens (tertiary/aromatic N) is 1. The minimum absolute atomic E-state index is 0.167. The van der Waals surface area contributed by atoms with Gasteiger partial charge in [0.25, 0.3) is 11.8 Å². The number of nitrogens with one attached hydrogen (secondary N) is 5. The SMILES string of the molecule is CCNC(=O)CNC(=O)[C@H](Cc1ccccc1)NC(=O)CNC(=O)CNC(=O)CCCCCN1C(=O)C=CC1=O. The molecule has 0 bridgehead atoms. The van der Waals surface area contributed by atoms with Crippen molar-refractivity contribution in [3.8, 4) is 0 Å². The maximum Gasteiger partial charge on any atom is 0.253 e. The topological polar surface area (TPSA) is 183 Å². The molecular formula is C27H36N6O7. The Morgan fingerprint density at radius 2 is 1.32 bits per heavy atom. The van der Waals surface area contributed by atoms with Gasteiger partial charge >= 0.3 is 0 Å². The number of benzene rings is 1. The van der Waals surface area contributed by atoms with Crippen molar-refractivity contribution in [2.75, 3.05) is 32.7 Å². The molecule has 0 fully saturated rings. The van der Waals surface area contributed by atoms with E-state index in [4.69, 9.17) is 0 Å². The standard InChI is InChI=1S/C27H36N6O7/c1-2-28-22(35)17-31-27(40)20(15-19-9-5-3-6-10-19)32-24(37)18-30-23(36)16-29-21(34)11-7-4-8-14-33-25(38)12-13-26(33)39/h3,5-6,9-10,12-13,20H,2,4,7-8,11,14-18H2,1H3,(H,28,35)(H,29,34)(H,30,36)(H,31,40)(H,32,37)/t20-/m0/s1. The zero-order valence-electron chi connectivity index (χ0n) is 22.5. The van der Waals surface area contributed by atoms with Gasteiger partial charge in [0.1, 0.15) is 6.04 Å². The number of carbonyl (C=O) groups is 7. The highest BCUT2D eigenvalue weighted by Gasteiger charge is 2.23. The van der Waals surface area contributed by atoms with Crippen molar-refractivity contribution in [2.24, 2.45) is 0 Å². The summed E-state index contributed by atoms with van der Waals surface area (Å²) in [6, 6.07) is 8.04. The molecule has 1 aromatic rings. The molecule has 7 amide bonds. The van der Waals surface area contributed by atoms with Gasteiger partial charge < -0.3 is 26.6 Å². The maximum atomic E-state index is 12.7. The lowest BCUT2D eigenvalue weighted by Gasteiger charge is -2.19. The zero-order valence-corrected chi connectivity index (χ0v) is 22.5. The fraction of sp³-hybridized carbons (Fsp3) is 0.444. The van der Waals surface area contributed by atoms with Crippen LogP contribution in [-0.4, -0.2) is 85.0 Å². The first-order valence-corrected chi connectivity index (χ1v) is 13.1. The van der Waals surface area contributed by atoms with E-state index in [9.17, 15) is 33.6 Å². The van der Waals surface area contributed by atoms with Gasteiger partial charge in [-0.15, -0.1) is 0 Å². The number of imide groups is 1. The van der Waals surface area contributed by atoms with Crippen molar-refractivity contribution in [1.82, 2.24) is 31.5 Å². The summed E-state index contributed by atoms with van der Waals surface area (Å²) < 4.78 is 0. The van der Waals surface area contributed by atoms with Gasteiger partial charge in [0, 0.05) is 38.1 Å². The predicted molar refractivity (Wildman–Crippen MR) is 144 cm³/mol. The minimum Gasteiger partial charge on any atom is -0.355 e.